The Bertz CT molecular complexity index is 532. The Balaban J connectivity index is 1.50. The molecule has 6 heteroatoms. The molecule has 100 valence electrons. The summed E-state index contributed by atoms with van der Waals surface area (Å²) in [6, 6.07) is 5.15. The van der Waals surface area contributed by atoms with Crippen LogP contribution in [0.1, 0.15) is 24.1 Å². The Kier molecular flexibility index (Phi) is 3.41. The van der Waals surface area contributed by atoms with Crippen LogP contribution < -0.4 is 10.1 Å². The molecule has 2 heterocycles. The van der Waals surface area contributed by atoms with Gasteiger partial charge in [-0.25, -0.2) is 0 Å². The van der Waals surface area contributed by atoms with Crippen LogP contribution in [-0.4, -0.2) is 25.8 Å². The van der Waals surface area contributed by atoms with Gasteiger partial charge in [0.25, 0.3) is 0 Å². The summed E-state index contributed by atoms with van der Waals surface area (Å²) in [6.07, 6.45) is 6.10. The molecule has 0 aliphatic heterocycles. The van der Waals surface area contributed by atoms with Crippen LogP contribution in [0.4, 0.5) is 0 Å². The lowest BCUT2D eigenvalue weighted by Gasteiger charge is -2.04. The maximum absolute atomic E-state index is 5.44. The van der Waals surface area contributed by atoms with Crippen LogP contribution in [-0.2, 0) is 20.2 Å². The molecular formula is C13H17N5O. The second-order valence-electron chi connectivity index (χ2n) is 4.80. The number of aryl methyl sites for hydroxylation is 1. The summed E-state index contributed by atoms with van der Waals surface area (Å²) < 4.78 is 7.05. The molecule has 0 saturated heterocycles. The molecule has 19 heavy (non-hydrogen) atoms. The van der Waals surface area contributed by atoms with E-state index in [1.54, 1.807) is 18.1 Å². The number of nitrogens with zero attached hydrogens (tertiary/aromatic N) is 4. The van der Waals surface area contributed by atoms with E-state index in [1.807, 2.05) is 12.3 Å². The number of nitrogens with one attached hydrogen (secondary N) is 1. The highest BCUT2D eigenvalue weighted by Crippen LogP contribution is 2.19. The number of rotatable bonds is 6. The van der Waals surface area contributed by atoms with Gasteiger partial charge in [0.1, 0.15) is 12.9 Å². The molecule has 0 aromatic carbocycles. The molecule has 1 N–H and O–H groups in total. The number of pyridine rings is 1. The molecule has 1 aliphatic carbocycles. The van der Waals surface area contributed by atoms with Gasteiger partial charge in [0.05, 0.1) is 5.69 Å². The zero-order valence-electron chi connectivity index (χ0n) is 10.9. The first-order valence-electron chi connectivity index (χ1n) is 6.45. The summed E-state index contributed by atoms with van der Waals surface area (Å²) in [7, 11) is 1.81. The van der Waals surface area contributed by atoms with E-state index in [0.717, 1.165) is 18.3 Å². The van der Waals surface area contributed by atoms with Gasteiger partial charge < -0.3 is 10.1 Å². The Morgan fingerprint density at radius 1 is 1.37 bits per heavy atom. The van der Waals surface area contributed by atoms with Gasteiger partial charge >= 0.3 is 6.01 Å². The average molecular weight is 259 g/mol. The molecule has 2 aromatic rings. The number of hydrogen-bond acceptors (Lipinski definition) is 5. The predicted molar refractivity (Wildman–Crippen MR) is 69.4 cm³/mol. The van der Waals surface area contributed by atoms with Gasteiger partial charge in [0.15, 0.2) is 0 Å². The molecule has 2 aromatic heterocycles. The molecular weight excluding hydrogens is 242 g/mol. The zero-order valence-corrected chi connectivity index (χ0v) is 10.9. The van der Waals surface area contributed by atoms with E-state index < -0.39 is 0 Å². The molecule has 1 fully saturated rings. The molecule has 1 saturated carbocycles. The van der Waals surface area contributed by atoms with Crippen molar-refractivity contribution < 1.29 is 4.74 Å². The lowest BCUT2D eigenvalue weighted by Crippen LogP contribution is -2.15. The average Bonchev–Trinajstić information content (AvgIpc) is 3.17. The monoisotopic (exact) mass is 259 g/mol. The third kappa shape index (κ3) is 3.51. The Morgan fingerprint density at radius 2 is 2.26 bits per heavy atom. The summed E-state index contributed by atoms with van der Waals surface area (Å²) in [6.45, 7) is 1.28. The van der Waals surface area contributed by atoms with Gasteiger partial charge in [-0.3, -0.25) is 9.67 Å². The van der Waals surface area contributed by atoms with Gasteiger partial charge in [-0.2, -0.15) is 4.98 Å². The highest BCUT2D eigenvalue weighted by molar-refractivity contribution is 5.14. The van der Waals surface area contributed by atoms with E-state index in [2.05, 4.69) is 26.4 Å². The van der Waals surface area contributed by atoms with Crippen molar-refractivity contribution in [3.63, 3.8) is 0 Å². The summed E-state index contributed by atoms with van der Waals surface area (Å²) in [4.78, 5) is 8.37. The maximum atomic E-state index is 5.44. The van der Waals surface area contributed by atoms with Crippen LogP contribution in [0.3, 0.4) is 0 Å². The quantitative estimate of drug-likeness (QED) is 0.839. The van der Waals surface area contributed by atoms with Crippen LogP contribution in [0.2, 0.25) is 0 Å². The summed E-state index contributed by atoms with van der Waals surface area (Å²) in [5, 5.41) is 7.50. The fraction of sp³-hybridized carbons (Fsp3) is 0.462. The fourth-order valence-electron chi connectivity index (χ4n) is 1.72. The zero-order chi connectivity index (χ0) is 13.1. The number of ether oxygens (including phenoxy) is 1. The second-order valence-corrected chi connectivity index (χ2v) is 4.80. The topological polar surface area (TPSA) is 64.9 Å². The van der Waals surface area contributed by atoms with Crippen LogP contribution in [0, 0.1) is 0 Å². The van der Waals surface area contributed by atoms with Crippen molar-refractivity contribution in [2.24, 2.45) is 7.05 Å². The standard InChI is InChI=1S/C13H17N5O/c1-18-9-16-13(17-18)19-8-12-3-2-10(7-15-12)6-14-11-4-5-11/h2-3,7,9,11,14H,4-6,8H2,1H3. The van der Waals surface area contributed by atoms with Crippen molar-refractivity contribution >= 4 is 0 Å². The van der Waals surface area contributed by atoms with Crippen molar-refractivity contribution in [2.75, 3.05) is 0 Å². The van der Waals surface area contributed by atoms with Crippen LogP contribution >= 0.6 is 0 Å². The van der Waals surface area contributed by atoms with Crippen molar-refractivity contribution in [3.05, 3.63) is 35.9 Å². The molecule has 0 atom stereocenters. The van der Waals surface area contributed by atoms with Crippen LogP contribution in [0.5, 0.6) is 6.01 Å². The Hall–Kier alpha value is -1.95. The lowest BCUT2D eigenvalue weighted by molar-refractivity contribution is 0.275. The molecule has 0 spiro atoms. The Labute approximate surface area is 111 Å². The summed E-state index contributed by atoms with van der Waals surface area (Å²) >= 11 is 0. The molecule has 6 nitrogen and oxygen atoms in total. The first-order chi connectivity index (χ1) is 9.29. The highest BCUT2D eigenvalue weighted by Gasteiger charge is 2.19. The van der Waals surface area contributed by atoms with Crippen LogP contribution in [0.15, 0.2) is 24.7 Å². The summed E-state index contributed by atoms with van der Waals surface area (Å²) in [5.41, 5.74) is 2.08. The minimum absolute atomic E-state index is 0.378. The van der Waals surface area contributed by atoms with Crippen LogP contribution in [0.25, 0.3) is 0 Å². The van der Waals surface area contributed by atoms with E-state index in [1.165, 1.54) is 18.4 Å². The fourth-order valence-corrected chi connectivity index (χ4v) is 1.72. The normalized spacial score (nSPS) is 14.6. The van der Waals surface area contributed by atoms with Gasteiger partial charge in [-0.05, 0) is 24.5 Å². The molecule has 0 bridgehead atoms. The van der Waals surface area contributed by atoms with Gasteiger partial charge in [0, 0.05) is 25.8 Å². The van der Waals surface area contributed by atoms with Gasteiger partial charge in [0.2, 0.25) is 0 Å². The second kappa shape index (κ2) is 5.36. The number of aromatic nitrogens is 4. The third-order valence-electron chi connectivity index (χ3n) is 2.99. The van der Waals surface area contributed by atoms with E-state index >= 15 is 0 Å². The SMILES string of the molecule is Cn1cnc(OCc2ccc(CNC3CC3)cn2)n1. The van der Waals surface area contributed by atoms with E-state index in [0.29, 0.717) is 12.6 Å². The third-order valence-corrected chi connectivity index (χ3v) is 2.99. The number of hydrogen-bond donors (Lipinski definition) is 1. The highest BCUT2D eigenvalue weighted by atomic mass is 16.5. The first kappa shape index (κ1) is 12.1. The minimum Gasteiger partial charge on any atom is -0.456 e. The van der Waals surface area contributed by atoms with E-state index in [-0.39, 0.29) is 0 Å². The lowest BCUT2D eigenvalue weighted by atomic mass is 10.2. The largest absolute Gasteiger partial charge is 0.456 e. The summed E-state index contributed by atoms with van der Waals surface area (Å²) in [5.74, 6) is 0. The van der Waals surface area contributed by atoms with Gasteiger partial charge in [-0.15, -0.1) is 5.10 Å². The van der Waals surface area contributed by atoms with Crippen molar-refractivity contribution in [1.29, 1.82) is 0 Å². The molecule has 1 aliphatic rings. The minimum atomic E-state index is 0.378. The maximum Gasteiger partial charge on any atom is 0.335 e. The molecule has 3 rings (SSSR count). The van der Waals surface area contributed by atoms with Crippen molar-refractivity contribution in [2.45, 2.75) is 32.0 Å². The smallest absolute Gasteiger partial charge is 0.335 e. The van der Waals surface area contributed by atoms with Crippen molar-refractivity contribution in [3.8, 4) is 6.01 Å². The molecule has 0 amide bonds. The van der Waals surface area contributed by atoms with E-state index in [9.17, 15) is 0 Å². The first-order valence-corrected chi connectivity index (χ1v) is 6.45. The predicted octanol–water partition coefficient (Wildman–Crippen LogP) is 1.04. The van der Waals surface area contributed by atoms with Crippen molar-refractivity contribution in [1.82, 2.24) is 25.1 Å². The molecule has 0 unspecified atom stereocenters. The molecule has 0 radical (unpaired) electrons. The van der Waals surface area contributed by atoms with E-state index in [4.69, 9.17) is 4.74 Å². The Morgan fingerprint density at radius 3 is 2.89 bits per heavy atom. The van der Waals surface area contributed by atoms with Gasteiger partial charge in [-0.1, -0.05) is 6.07 Å².